The molecule has 0 bridgehead atoms. The summed E-state index contributed by atoms with van der Waals surface area (Å²) in [6, 6.07) is 9.36. The van der Waals surface area contributed by atoms with Crippen LogP contribution in [-0.4, -0.2) is 25.0 Å². The third-order valence-electron chi connectivity index (χ3n) is 3.57. The molecule has 1 N–H and O–H groups in total. The molecule has 1 aromatic carbocycles. The van der Waals surface area contributed by atoms with Gasteiger partial charge in [-0.15, -0.1) is 0 Å². The highest BCUT2D eigenvalue weighted by Gasteiger charge is 2.30. The lowest BCUT2D eigenvalue weighted by molar-refractivity contribution is -0.145. The van der Waals surface area contributed by atoms with Crippen LogP contribution in [0.25, 0.3) is 0 Å². The predicted molar refractivity (Wildman–Crippen MR) is 76.1 cm³/mol. The highest BCUT2D eigenvalue weighted by Crippen LogP contribution is 2.33. The quantitative estimate of drug-likeness (QED) is 0.775. The molecule has 1 atom stereocenters. The maximum absolute atomic E-state index is 11.9. The van der Waals surface area contributed by atoms with Crippen LogP contribution in [-0.2, 0) is 20.7 Å². The molecule has 0 unspecified atom stereocenters. The number of carbonyl (C=O) groups excluding carboxylic acids is 2. The first-order valence-electron chi connectivity index (χ1n) is 7.10. The van der Waals surface area contributed by atoms with Crippen LogP contribution in [0.5, 0.6) is 0 Å². The van der Waals surface area contributed by atoms with Crippen molar-refractivity contribution in [1.82, 2.24) is 5.32 Å². The minimum atomic E-state index is -0.490. The third-order valence-corrected chi connectivity index (χ3v) is 3.57. The van der Waals surface area contributed by atoms with E-state index in [4.69, 9.17) is 4.74 Å². The summed E-state index contributed by atoms with van der Waals surface area (Å²) in [6.45, 7) is 0. The summed E-state index contributed by atoms with van der Waals surface area (Å²) in [5.74, 6) is 0.128. The summed E-state index contributed by atoms with van der Waals surface area (Å²) >= 11 is 0. The number of nitrogens with one attached hydrogen (secondary N) is 1. The summed E-state index contributed by atoms with van der Waals surface area (Å²) in [5.41, 5.74) is 1.12. The Balaban J connectivity index is 1.79. The fraction of sp³-hybridized carbons (Fsp3) is 0.500. The summed E-state index contributed by atoms with van der Waals surface area (Å²) in [7, 11) is 1.36. The van der Waals surface area contributed by atoms with Gasteiger partial charge in [0, 0.05) is 6.42 Å². The van der Waals surface area contributed by atoms with Crippen LogP contribution < -0.4 is 5.32 Å². The molecule has 0 heterocycles. The Kier molecular flexibility index (Phi) is 5.16. The molecule has 0 radical (unpaired) electrons. The SMILES string of the molecule is COC(=O)[C@H](CC1CC1)NC(=O)CCc1ccccc1. The second-order valence-corrected chi connectivity index (χ2v) is 5.31. The van der Waals surface area contributed by atoms with Crippen LogP contribution in [0.3, 0.4) is 0 Å². The molecule has 108 valence electrons. The number of amides is 1. The molecule has 0 spiro atoms. The van der Waals surface area contributed by atoms with Gasteiger partial charge in [-0.25, -0.2) is 4.79 Å². The zero-order valence-corrected chi connectivity index (χ0v) is 11.8. The van der Waals surface area contributed by atoms with Crippen molar-refractivity contribution < 1.29 is 14.3 Å². The number of rotatable bonds is 7. The molecule has 2 rings (SSSR count). The van der Waals surface area contributed by atoms with E-state index in [1.807, 2.05) is 30.3 Å². The van der Waals surface area contributed by atoms with Crippen molar-refractivity contribution in [3.63, 3.8) is 0 Å². The summed E-state index contributed by atoms with van der Waals surface area (Å²) in [6.07, 6.45) is 4.07. The molecule has 1 amide bonds. The van der Waals surface area contributed by atoms with Gasteiger partial charge in [-0.2, -0.15) is 0 Å². The van der Waals surface area contributed by atoms with Gasteiger partial charge >= 0.3 is 5.97 Å². The number of ether oxygens (including phenoxy) is 1. The molecular formula is C16H21NO3. The van der Waals surface area contributed by atoms with E-state index >= 15 is 0 Å². The number of aryl methyl sites for hydroxylation is 1. The normalized spacial score (nSPS) is 15.4. The van der Waals surface area contributed by atoms with Gasteiger partial charge in [0.1, 0.15) is 6.04 Å². The Morgan fingerprint density at radius 2 is 2.00 bits per heavy atom. The minimum absolute atomic E-state index is 0.0927. The van der Waals surface area contributed by atoms with Crippen LogP contribution in [0.2, 0.25) is 0 Å². The molecule has 1 aliphatic rings. The molecule has 1 fully saturated rings. The molecular weight excluding hydrogens is 254 g/mol. The van der Waals surface area contributed by atoms with Crippen molar-refractivity contribution in [1.29, 1.82) is 0 Å². The molecule has 1 saturated carbocycles. The van der Waals surface area contributed by atoms with Gasteiger partial charge in [0.2, 0.25) is 5.91 Å². The van der Waals surface area contributed by atoms with Crippen LogP contribution in [0.4, 0.5) is 0 Å². The van der Waals surface area contributed by atoms with Gasteiger partial charge in [0.05, 0.1) is 7.11 Å². The number of benzene rings is 1. The highest BCUT2D eigenvalue weighted by atomic mass is 16.5. The van der Waals surface area contributed by atoms with Gasteiger partial charge in [-0.05, 0) is 24.3 Å². The summed E-state index contributed by atoms with van der Waals surface area (Å²) in [5, 5.41) is 2.80. The number of hydrogen-bond acceptors (Lipinski definition) is 3. The number of carbonyl (C=O) groups is 2. The Bertz CT molecular complexity index is 454. The second-order valence-electron chi connectivity index (χ2n) is 5.31. The largest absolute Gasteiger partial charge is 0.467 e. The van der Waals surface area contributed by atoms with E-state index in [0.29, 0.717) is 25.2 Å². The zero-order valence-electron chi connectivity index (χ0n) is 11.8. The Morgan fingerprint density at radius 1 is 1.30 bits per heavy atom. The molecule has 4 heteroatoms. The van der Waals surface area contributed by atoms with E-state index in [0.717, 1.165) is 18.4 Å². The van der Waals surface area contributed by atoms with Crippen molar-refractivity contribution >= 4 is 11.9 Å². The van der Waals surface area contributed by atoms with Crippen molar-refractivity contribution in [2.75, 3.05) is 7.11 Å². The van der Waals surface area contributed by atoms with Gasteiger partial charge in [0.25, 0.3) is 0 Å². The van der Waals surface area contributed by atoms with Crippen molar-refractivity contribution in [2.45, 2.75) is 38.1 Å². The predicted octanol–water partition coefficient (Wildman–Crippen LogP) is 2.08. The van der Waals surface area contributed by atoms with E-state index in [-0.39, 0.29) is 11.9 Å². The number of hydrogen-bond donors (Lipinski definition) is 1. The lowest BCUT2D eigenvalue weighted by Crippen LogP contribution is -2.41. The summed E-state index contributed by atoms with van der Waals surface area (Å²) < 4.78 is 4.75. The molecule has 4 nitrogen and oxygen atoms in total. The van der Waals surface area contributed by atoms with Crippen LogP contribution in [0.1, 0.15) is 31.2 Å². The van der Waals surface area contributed by atoms with Crippen molar-refractivity contribution in [3.8, 4) is 0 Å². The van der Waals surface area contributed by atoms with Gasteiger partial charge in [-0.3, -0.25) is 4.79 Å². The molecule has 0 aliphatic heterocycles. The van der Waals surface area contributed by atoms with Crippen molar-refractivity contribution in [3.05, 3.63) is 35.9 Å². The smallest absolute Gasteiger partial charge is 0.328 e. The zero-order chi connectivity index (χ0) is 14.4. The average Bonchev–Trinajstić information content (AvgIpc) is 3.28. The third kappa shape index (κ3) is 4.68. The molecule has 1 aliphatic carbocycles. The second kappa shape index (κ2) is 7.08. The Labute approximate surface area is 119 Å². The molecule has 0 saturated heterocycles. The fourth-order valence-electron chi connectivity index (χ4n) is 2.21. The van der Waals surface area contributed by atoms with Gasteiger partial charge in [0.15, 0.2) is 0 Å². The topological polar surface area (TPSA) is 55.4 Å². The maximum atomic E-state index is 11.9. The van der Waals surface area contributed by atoms with Crippen LogP contribution in [0.15, 0.2) is 30.3 Å². The molecule has 1 aromatic rings. The lowest BCUT2D eigenvalue weighted by atomic mass is 10.1. The monoisotopic (exact) mass is 275 g/mol. The standard InChI is InChI=1S/C16H21NO3/c1-20-16(19)14(11-13-7-8-13)17-15(18)10-9-12-5-3-2-4-6-12/h2-6,13-14H,7-11H2,1H3,(H,17,18)/t14-/m0/s1. The number of methoxy groups -OCH3 is 1. The lowest BCUT2D eigenvalue weighted by Gasteiger charge is -2.16. The van der Waals surface area contributed by atoms with E-state index in [1.165, 1.54) is 7.11 Å². The fourth-order valence-corrected chi connectivity index (χ4v) is 2.21. The van der Waals surface area contributed by atoms with Crippen molar-refractivity contribution in [2.24, 2.45) is 5.92 Å². The molecule has 0 aromatic heterocycles. The summed E-state index contributed by atoms with van der Waals surface area (Å²) in [4.78, 5) is 23.6. The van der Waals surface area contributed by atoms with Crippen LogP contribution >= 0.6 is 0 Å². The first kappa shape index (κ1) is 14.6. The van der Waals surface area contributed by atoms with E-state index in [9.17, 15) is 9.59 Å². The highest BCUT2D eigenvalue weighted by molar-refractivity contribution is 5.84. The number of esters is 1. The Morgan fingerprint density at radius 3 is 2.60 bits per heavy atom. The van der Waals surface area contributed by atoms with Crippen LogP contribution in [0, 0.1) is 5.92 Å². The van der Waals surface area contributed by atoms with E-state index in [1.54, 1.807) is 0 Å². The maximum Gasteiger partial charge on any atom is 0.328 e. The molecule has 20 heavy (non-hydrogen) atoms. The minimum Gasteiger partial charge on any atom is -0.467 e. The van der Waals surface area contributed by atoms with E-state index < -0.39 is 6.04 Å². The van der Waals surface area contributed by atoms with E-state index in [2.05, 4.69) is 5.32 Å². The first-order valence-corrected chi connectivity index (χ1v) is 7.10. The first-order chi connectivity index (χ1) is 9.69. The van der Waals surface area contributed by atoms with Gasteiger partial charge < -0.3 is 10.1 Å². The Hall–Kier alpha value is -1.84. The van der Waals surface area contributed by atoms with Gasteiger partial charge in [-0.1, -0.05) is 43.2 Å². The average molecular weight is 275 g/mol.